The fourth-order valence-electron chi connectivity index (χ4n) is 2.46. The van der Waals surface area contributed by atoms with Crippen LogP contribution in [0.4, 0.5) is 0 Å². The van der Waals surface area contributed by atoms with Gasteiger partial charge in [0.25, 0.3) is 0 Å². The third-order valence-corrected chi connectivity index (χ3v) is 6.48. The van der Waals surface area contributed by atoms with E-state index < -0.39 is 10.0 Å². The Morgan fingerprint density at radius 1 is 1.35 bits per heavy atom. The van der Waals surface area contributed by atoms with Crippen molar-refractivity contribution < 1.29 is 17.9 Å². The average molecular weight is 354 g/mol. The molecule has 0 spiro atoms. The molecule has 1 aliphatic rings. The van der Waals surface area contributed by atoms with Gasteiger partial charge in [-0.25, -0.2) is 17.7 Å². The summed E-state index contributed by atoms with van der Waals surface area (Å²) in [4.78, 5) is 4.39. The van der Waals surface area contributed by atoms with Gasteiger partial charge in [0.1, 0.15) is 18.1 Å². The first kappa shape index (κ1) is 16.2. The van der Waals surface area contributed by atoms with Gasteiger partial charge in [-0.15, -0.1) is 11.3 Å². The number of fused-ring (bicyclic) bond motifs is 1. The largest absolute Gasteiger partial charge is 0.486 e. The second-order valence-corrected chi connectivity index (χ2v) is 8.28. The first-order valence-electron chi connectivity index (χ1n) is 7.24. The van der Waals surface area contributed by atoms with Gasteiger partial charge in [0.15, 0.2) is 11.5 Å². The molecule has 23 heavy (non-hydrogen) atoms. The zero-order chi connectivity index (χ0) is 16.4. The molecular formula is C15H18N2O4S2. The number of rotatable bonds is 5. The highest BCUT2D eigenvalue weighted by molar-refractivity contribution is 7.89. The summed E-state index contributed by atoms with van der Waals surface area (Å²) in [7, 11) is -2.09. The first-order valence-corrected chi connectivity index (χ1v) is 9.56. The van der Waals surface area contributed by atoms with E-state index in [2.05, 4.69) is 4.98 Å². The van der Waals surface area contributed by atoms with Crippen LogP contribution in [0.3, 0.4) is 0 Å². The van der Waals surface area contributed by atoms with Gasteiger partial charge in [-0.3, -0.25) is 0 Å². The summed E-state index contributed by atoms with van der Waals surface area (Å²) in [6, 6.07) is 4.93. The van der Waals surface area contributed by atoms with Crippen molar-refractivity contribution in [3.05, 3.63) is 34.8 Å². The van der Waals surface area contributed by atoms with Crippen LogP contribution in [0.2, 0.25) is 0 Å². The van der Waals surface area contributed by atoms with Crippen LogP contribution in [0, 0.1) is 0 Å². The van der Waals surface area contributed by atoms with Crippen molar-refractivity contribution in [3.8, 4) is 11.5 Å². The predicted molar refractivity (Wildman–Crippen MR) is 87.8 cm³/mol. The number of thiazole rings is 1. The van der Waals surface area contributed by atoms with Crippen LogP contribution in [0.25, 0.3) is 0 Å². The second-order valence-electron chi connectivity index (χ2n) is 5.34. The lowest BCUT2D eigenvalue weighted by Gasteiger charge is -2.24. The maximum Gasteiger partial charge on any atom is 0.246 e. The highest BCUT2D eigenvalue weighted by Gasteiger charge is 2.29. The molecule has 0 N–H and O–H groups in total. The van der Waals surface area contributed by atoms with Gasteiger partial charge in [0.05, 0.1) is 5.01 Å². The van der Waals surface area contributed by atoms with E-state index in [-0.39, 0.29) is 10.8 Å². The number of nitrogens with zero attached hydrogens (tertiary/aromatic N) is 2. The zero-order valence-corrected chi connectivity index (χ0v) is 14.6. The van der Waals surface area contributed by atoms with Crippen molar-refractivity contribution >= 4 is 21.4 Å². The predicted octanol–water partition coefficient (Wildman–Crippen LogP) is 2.34. The standard InChI is InChI=1S/C15H18N2O4S2/c1-11(15-16-6-9-22-15)10-17(2)23(18,19)13-5-3-4-12-14(13)21-8-7-20-12/h3-6,9,11H,7-8,10H2,1-2H3/t11-/m0/s1. The molecule has 0 aliphatic carbocycles. The summed E-state index contributed by atoms with van der Waals surface area (Å²) >= 11 is 1.53. The molecule has 3 rings (SSSR count). The smallest absolute Gasteiger partial charge is 0.246 e. The maximum absolute atomic E-state index is 12.9. The van der Waals surface area contributed by atoms with Gasteiger partial charge in [-0.2, -0.15) is 0 Å². The van der Waals surface area contributed by atoms with Gasteiger partial charge < -0.3 is 9.47 Å². The molecule has 2 heterocycles. The number of aromatic nitrogens is 1. The summed E-state index contributed by atoms with van der Waals surface area (Å²) in [5.41, 5.74) is 0. The van der Waals surface area contributed by atoms with Crippen molar-refractivity contribution in [2.45, 2.75) is 17.7 Å². The average Bonchev–Trinajstić information content (AvgIpc) is 3.08. The molecule has 124 valence electrons. The maximum atomic E-state index is 12.9. The Hall–Kier alpha value is -1.64. The monoisotopic (exact) mass is 354 g/mol. The van der Waals surface area contributed by atoms with E-state index in [1.165, 1.54) is 15.6 Å². The number of sulfonamides is 1. The van der Waals surface area contributed by atoms with Crippen LogP contribution in [0.5, 0.6) is 11.5 Å². The van der Waals surface area contributed by atoms with Crippen LogP contribution in [-0.4, -0.2) is 44.5 Å². The summed E-state index contributed by atoms with van der Waals surface area (Å²) in [5.74, 6) is 0.790. The minimum Gasteiger partial charge on any atom is -0.486 e. The van der Waals surface area contributed by atoms with Gasteiger partial charge >= 0.3 is 0 Å². The lowest BCUT2D eigenvalue weighted by atomic mass is 10.2. The molecule has 0 amide bonds. The molecule has 1 aromatic heterocycles. The Balaban J connectivity index is 1.86. The van der Waals surface area contributed by atoms with Gasteiger partial charge in [0, 0.05) is 31.1 Å². The zero-order valence-electron chi connectivity index (χ0n) is 12.9. The topological polar surface area (TPSA) is 68.7 Å². The Labute approximate surface area is 139 Å². The molecule has 0 saturated carbocycles. The Bertz CT molecular complexity index is 775. The highest BCUT2D eigenvalue weighted by Crippen LogP contribution is 2.37. The fourth-order valence-corrected chi connectivity index (χ4v) is 4.55. The van der Waals surface area contributed by atoms with Crippen LogP contribution in [0.1, 0.15) is 17.8 Å². The second kappa shape index (κ2) is 6.46. The number of ether oxygens (including phenoxy) is 2. The van der Waals surface area contributed by atoms with E-state index in [0.29, 0.717) is 31.3 Å². The van der Waals surface area contributed by atoms with Crippen molar-refractivity contribution in [2.75, 3.05) is 26.8 Å². The van der Waals surface area contributed by atoms with Crippen molar-refractivity contribution in [2.24, 2.45) is 0 Å². The van der Waals surface area contributed by atoms with Crippen LogP contribution in [-0.2, 0) is 10.0 Å². The number of likely N-dealkylation sites (N-methyl/N-ethyl adjacent to an activating group) is 1. The molecule has 1 aliphatic heterocycles. The fraction of sp³-hybridized carbons (Fsp3) is 0.400. The number of hydrogen-bond donors (Lipinski definition) is 0. The third kappa shape index (κ3) is 3.19. The van der Waals surface area contributed by atoms with Gasteiger partial charge in [-0.1, -0.05) is 13.0 Å². The third-order valence-electron chi connectivity index (χ3n) is 3.62. The van der Waals surface area contributed by atoms with E-state index in [9.17, 15) is 8.42 Å². The number of para-hydroxylation sites is 1. The molecule has 2 aromatic rings. The number of hydrogen-bond acceptors (Lipinski definition) is 6. The molecule has 0 saturated heterocycles. The molecule has 6 nitrogen and oxygen atoms in total. The lowest BCUT2D eigenvalue weighted by molar-refractivity contribution is 0.166. The normalized spacial score (nSPS) is 15.6. The molecule has 0 fully saturated rings. The van der Waals surface area contributed by atoms with E-state index in [4.69, 9.17) is 9.47 Å². The lowest BCUT2D eigenvalue weighted by Crippen LogP contribution is -2.31. The first-order chi connectivity index (χ1) is 11.0. The summed E-state index contributed by atoms with van der Waals surface area (Å²) in [5, 5.41) is 2.81. The quantitative estimate of drug-likeness (QED) is 0.824. The minimum atomic E-state index is -3.66. The summed E-state index contributed by atoms with van der Waals surface area (Å²) < 4.78 is 38.1. The molecule has 1 atom stereocenters. The van der Waals surface area contributed by atoms with Crippen LogP contribution >= 0.6 is 11.3 Å². The number of benzene rings is 1. The Morgan fingerprint density at radius 3 is 2.87 bits per heavy atom. The van der Waals surface area contributed by atoms with Crippen LogP contribution in [0.15, 0.2) is 34.7 Å². The van der Waals surface area contributed by atoms with Crippen molar-refractivity contribution in [1.82, 2.24) is 9.29 Å². The Morgan fingerprint density at radius 2 is 2.13 bits per heavy atom. The van der Waals surface area contributed by atoms with E-state index in [0.717, 1.165) is 5.01 Å². The summed E-state index contributed by atoms with van der Waals surface area (Å²) in [6.45, 7) is 3.08. The minimum absolute atomic E-state index is 0.0199. The molecule has 0 unspecified atom stereocenters. The molecule has 1 aromatic carbocycles. The van der Waals surface area contributed by atoms with E-state index in [1.807, 2.05) is 12.3 Å². The molecule has 0 radical (unpaired) electrons. The highest BCUT2D eigenvalue weighted by atomic mass is 32.2. The molecule has 8 heteroatoms. The van der Waals surface area contributed by atoms with Crippen molar-refractivity contribution in [1.29, 1.82) is 0 Å². The van der Waals surface area contributed by atoms with Gasteiger partial charge in [0.2, 0.25) is 10.0 Å². The molecular weight excluding hydrogens is 336 g/mol. The van der Waals surface area contributed by atoms with Crippen molar-refractivity contribution in [3.63, 3.8) is 0 Å². The van der Waals surface area contributed by atoms with Crippen LogP contribution < -0.4 is 9.47 Å². The van der Waals surface area contributed by atoms with E-state index in [1.54, 1.807) is 31.4 Å². The van der Waals surface area contributed by atoms with E-state index >= 15 is 0 Å². The SMILES string of the molecule is C[C@@H](CN(C)S(=O)(=O)c1cccc2c1OCCO2)c1nccs1. The van der Waals surface area contributed by atoms with Gasteiger partial charge in [-0.05, 0) is 12.1 Å². The molecule has 0 bridgehead atoms. The Kier molecular flexibility index (Phi) is 4.56. The summed E-state index contributed by atoms with van der Waals surface area (Å²) in [6.07, 6.45) is 1.73.